The standard InChI is InChI=1S/C27H29N5O2/c1-18-13-21(27(33)26(14-18)31-30-24-8-6-5-7-23(24)28-3)16-32(4)22-11-9-20(10-12-22)15-25-19(2)34-17-29-25/h5-15,17,23,28,31,33H,2,16H2,1,3-4H3/b25-15-,30-24-. The van der Waals surface area contributed by atoms with Gasteiger partial charge in [-0.3, -0.25) is 5.43 Å². The smallest absolute Gasteiger partial charge is 0.181 e. The van der Waals surface area contributed by atoms with E-state index in [1.54, 1.807) is 0 Å². The van der Waals surface area contributed by atoms with E-state index in [1.807, 2.05) is 87.8 Å². The van der Waals surface area contributed by atoms with E-state index in [1.165, 1.54) is 6.39 Å². The van der Waals surface area contributed by atoms with Gasteiger partial charge in [-0.2, -0.15) is 5.10 Å². The van der Waals surface area contributed by atoms with E-state index in [4.69, 9.17) is 4.42 Å². The average Bonchev–Trinajstić information content (AvgIpc) is 3.24. The number of hydrogen-bond acceptors (Lipinski definition) is 7. The number of phenolic OH excluding ortho intramolecular Hbond substituents is 1. The molecule has 174 valence electrons. The van der Waals surface area contributed by atoms with Gasteiger partial charge in [0.1, 0.15) is 16.5 Å². The average molecular weight is 456 g/mol. The molecule has 0 bridgehead atoms. The lowest BCUT2D eigenvalue weighted by molar-refractivity contribution is 0.469. The number of aromatic hydroxyl groups is 1. The first kappa shape index (κ1) is 23.1. The van der Waals surface area contributed by atoms with Gasteiger partial charge in [0.25, 0.3) is 0 Å². The first-order valence-corrected chi connectivity index (χ1v) is 11.0. The molecule has 3 N–H and O–H groups in total. The molecule has 1 atom stereocenters. The number of hydrazone groups is 1. The van der Waals surface area contributed by atoms with Crippen LogP contribution in [0.15, 0.2) is 76.6 Å². The van der Waals surface area contributed by atoms with Crippen molar-refractivity contribution in [3.05, 3.63) is 94.6 Å². The highest BCUT2D eigenvalue weighted by Gasteiger charge is 2.14. The molecule has 1 unspecified atom stereocenters. The van der Waals surface area contributed by atoms with Gasteiger partial charge in [0.05, 0.1) is 17.4 Å². The molecule has 7 heteroatoms. The number of oxazole rings is 1. The molecule has 0 amide bonds. The number of nitrogens with zero attached hydrogens (tertiary/aromatic N) is 3. The van der Waals surface area contributed by atoms with Gasteiger partial charge < -0.3 is 19.7 Å². The van der Waals surface area contributed by atoms with Crippen LogP contribution in [-0.4, -0.2) is 35.9 Å². The Labute approximate surface area is 199 Å². The van der Waals surface area contributed by atoms with Crippen molar-refractivity contribution < 1.29 is 9.52 Å². The van der Waals surface area contributed by atoms with Gasteiger partial charge in [-0.1, -0.05) is 43.0 Å². The molecule has 0 radical (unpaired) electrons. The lowest BCUT2D eigenvalue weighted by atomic mass is 10.1. The summed E-state index contributed by atoms with van der Waals surface area (Å²) < 4.78 is 5.15. The van der Waals surface area contributed by atoms with E-state index in [0.29, 0.717) is 17.6 Å². The number of likely N-dealkylation sites (N-methyl/N-ethyl adjacent to an activating group) is 1. The molecule has 1 aliphatic carbocycles. The van der Waals surface area contributed by atoms with E-state index in [-0.39, 0.29) is 11.8 Å². The Hall–Kier alpha value is -4.10. The number of rotatable bonds is 7. The van der Waals surface area contributed by atoms with Crippen molar-refractivity contribution in [2.45, 2.75) is 19.5 Å². The van der Waals surface area contributed by atoms with Crippen LogP contribution in [0, 0.1) is 6.92 Å². The summed E-state index contributed by atoms with van der Waals surface area (Å²) in [6, 6.07) is 12.0. The molecule has 0 aliphatic heterocycles. The van der Waals surface area contributed by atoms with Crippen LogP contribution in [-0.2, 0) is 6.54 Å². The van der Waals surface area contributed by atoms with Crippen LogP contribution in [0.4, 0.5) is 11.4 Å². The van der Waals surface area contributed by atoms with Crippen LogP contribution in [0.5, 0.6) is 5.75 Å². The molecule has 7 nitrogen and oxygen atoms in total. The zero-order valence-corrected chi connectivity index (χ0v) is 19.6. The van der Waals surface area contributed by atoms with Crippen LogP contribution in [0.1, 0.15) is 16.7 Å². The van der Waals surface area contributed by atoms with Gasteiger partial charge in [0.2, 0.25) is 0 Å². The lowest BCUT2D eigenvalue weighted by Gasteiger charge is -2.21. The van der Waals surface area contributed by atoms with Crippen LogP contribution < -0.4 is 26.4 Å². The molecule has 34 heavy (non-hydrogen) atoms. The van der Waals surface area contributed by atoms with Gasteiger partial charge in [-0.25, -0.2) is 4.98 Å². The molecule has 0 saturated heterocycles. The maximum absolute atomic E-state index is 10.9. The highest BCUT2D eigenvalue weighted by molar-refractivity contribution is 6.02. The van der Waals surface area contributed by atoms with Crippen molar-refractivity contribution in [1.82, 2.24) is 10.3 Å². The SMILES string of the molecule is C=c1ocn/c1=C\c1ccc(N(C)Cc2cc(C)cc(N/N=C3/C=CC=CC3NC)c2O)cc1. The van der Waals surface area contributed by atoms with E-state index in [2.05, 4.69) is 32.3 Å². The van der Waals surface area contributed by atoms with Crippen molar-refractivity contribution in [2.24, 2.45) is 5.10 Å². The molecule has 4 rings (SSSR count). The minimum absolute atomic E-state index is 0.0275. The second-order valence-electron chi connectivity index (χ2n) is 8.23. The summed E-state index contributed by atoms with van der Waals surface area (Å²) in [5.74, 6) is 0.192. The molecule has 2 aromatic carbocycles. The zero-order chi connectivity index (χ0) is 24.1. The van der Waals surface area contributed by atoms with E-state index >= 15 is 0 Å². The van der Waals surface area contributed by atoms with Gasteiger partial charge >= 0.3 is 0 Å². The summed E-state index contributed by atoms with van der Waals surface area (Å²) in [5.41, 5.74) is 8.90. The third-order valence-electron chi connectivity index (χ3n) is 5.67. The normalized spacial score (nSPS) is 16.9. The van der Waals surface area contributed by atoms with Crippen molar-refractivity contribution in [3.63, 3.8) is 0 Å². The number of anilines is 2. The largest absolute Gasteiger partial charge is 0.505 e. The fourth-order valence-corrected chi connectivity index (χ4v) is 3.79. The molecule has 0 spiro atoms. The molecule has 0 fully saturated rings. The van der Waals surface area contributed by atoms with Gasteiger partial charge in [0.15, 0.2) is 6.39 Å². The second-order valence-corrected chi connectivity index (χ2v) is 8.23. The monoisotopic (exact) mass is 455 g/mol. The van der Waals surface area contributed by atoms with Gasteiger partial charge in [-0.05, 0) is 55.4 Å². The zero-order valence-electron chi connectivity index (χ0n) is 19.6. The predicted molar refractivity (Wildman–Crippen MR) is 138 cm³/mol. The summed E-state index contributed by atoms with van der Waals surface area (Å²) in [4.78, 5) is 6.24. The van der Waals surface area contributed by atoms with Gasteiger partial charge in [-0.15, -0.1) is 0 Å². The first-order valence-electron chi connectivity index (χ1n) is 11.0. The molecule has 1 aromatic heterocycles. The molecule has 1 aliphatic rings. The maximum Gasteiger partial charge on any atom is 0.181 e. The summed E-state index contributed by atoms with van der Waals surface area (Å²) in [6.07, 6.45) is 11.2. The number of nitrogens with one attached hydrogen (secondary N) is 2. The highest BCUT2D eigenvalue weighted by atomic mass is 16.3. The number of hydrogen-bond donors (Lipinski definition) is 3. The Balaban J connectivity index is 1.51. The molecule has 0 saturated carbocycles. The Morgan fingerprint density at radius 3 is 2.74 bits per heavy atom. The Bertz CT molecular complexity index is 1350. The Morgan fingerprint density at radius 2 is 2.03 bits per heavy atom. The summed E-state index contributed by atoms with van der Waals surface area (Å²) >= 11 is 0. The maximum atomic E-state index is 10.9. The topological polar surface area (TPSA) is 85.9 Å². The molecular weight excluding hydrogens is 426 g/mol. The predicted octanol–water partition coefficient (Wildman–Crippen LogP) is 3.05. The summed E-state index contributed by atoms with van der Waals surface area (Å²) in [5, 5.41) is 19.4. The first-order chi connectivity index (χ1) is 16.4. The van der Waals surface area contributed by atoms with Crippen LogP contribution in [0.3, 0.4) is 0 Å². The number of phenols is 1. The Morgan fingerprint density at radius 1 is 1.24 bits per heavy atom. The third-order valence-corrected chi connectivity index (χ3v) is 5.67. The summed E-state index contributed by atoms with van der Waals surface area (Å²) in [6.45, 7) is 6.37. The van der Waals surface area contributed by atoms with Crippen LogP contribution in [0.25, 0.3) is 12.7 Å². The number of aromatic nitrogens is 1. The van der Waals surface area contributed by atoms with E-state index in [9.17, 15) is 5.11 Å². The van der Waals surface area contributed by atoms with Crippen LogP contribution in [0.2, 0.25) is 0 Å². The molecular formula is C27H29N5O2. The highest BCUT2D eigenvalue weighted by Crippen LogP contribution is 2.31. The van der Waals surface area contributed by atoms with Gasteiger partial charge in [0, 0.05) is 24.8 Å². The van der Waals surface area contributed by atoms with Crippen LogP contribution >= 0.6 is 0 Å². The van der Waals surface area contributed by atoms with E-state index in [0.717, 1.165) is 33.4 Å². The minimum Gasteiger partial charge on any atom is -0.505 e. The minimum atomic E-state index is 0.0275. The van der Waals surface area contributed by atoms with Crippen molar-refractivity contribution in [3.8, 4) is 5.75 Å². The molecule has 3 aromatic rings. The van der Waals surface area contributed by atoms with E-state index < -0.39 is 0 Å². The Kier molecular flexibility index (Phi) is 6.94. The lowest BCUT2D eigenvalue weighted by Crippen LogP contribution is -2.32. The summed E-state index contributed by atoms with van der Waals surface area (Å²) in [7, 11) is 3.88. The fourth-order valence-electron chi connectivity index (χ4n) is 3.79. The van der Waals surface area contributed by atoms with Crippen molar-refractivity contribution >= 4 is 29.7 Å². The van der Waals surface area contributed by atoms with Crippen molar-refractivity contribution in [1.29, 1.82) is 0 Å². The quantitative estimate of drug-likeness (QED) is 0.375. The molecule has 1 heterocycles. The third kappa shape index (κ3) is 5.27. The van der Waals surface area contributed by atoms with Crippen molar-refractivity contribution in [2.75, 3.05) is 24.4 Å². The second kappa shape index (κ2) is 10.2. The number of benzene rings is 2. The fraction of sp³-hybridized carbons (Fsp3) is 0.185. The number of aryl methyl sites for hydroxylation is 1. The number of allylic oxidation sites excluding steroid dienone is 2.